The van der Waals surface area contributed by atoms with E-state index in [2.05, 4.69) is 15.3 Å². The van der Waals surface area contributed by atoms with Crippen LogP contribution in [-0.2, 0) is 0 Å². The van der Waals surface area contributed by atoms with E-state index in [-0.39, 0.29) is 11.9 Å². The molecule has 0 radical (unpaired) electrons. The first-order valence-electron chi connectivity index (χ1n) is 8.14. The van der Waals surface area contributed by atoms with Gasteiger partial charge in [-0.25, -0.2) is 14.4 Å². The topological polar surface area (TPSA) is 65.5 Å². The molecule has 26 heavy (non-hydrogen) atoms. The molecule has 0 saturated heterocycles. The molecule has 0 fully saturated rings. The van der Waals surface area contributed by atoms with Crippen LogP contribution in [0.4, 0.5) is 10.2 Å². The van der Waals surface area contributed by atoms with Crippen molar-refractivity contribution in [2.75, 3.05) is 26.1 Å². The fourth-order valence-electron chi connectivity index (χ4n) is 2.57. The number of para-hydroxylation sites is 2. The van der Waals surface area contributed by atoms with Crippen LogP contribution in [0, 0.1) is 5.82 Å². The highest BCUT2D eigenvalue weighted by atomic mass is 19.1. The molecular weight excluding hydrogens is 337 g/mol. The van der Waals surface area contributed by atoms with Crippen LogP contribution in [-0.4, -0.2) is 36.8 Å². The molecule has 7 heteroatoms. The van der Waals surface area contributed by atoms with Crippen molar-refractivity contribution < 1.29 is 18.6 Å². The van der Waals surface area contributed by atoms with Crippen molar-refractivity contribution >= 4 is 16.7 Å². The molecule has 1 heterocycles. The van der Waals surface area contributed by atoms with E-state index in [9.17, 15) is 4.39 Å². The molecule has 0 aliphatic carbocycles. The van der Waals surface area contributed by atoms with Crippen molar-refractivity contribution in [3.05, 3.63) is 48.5 Å². The van der Waals surface area contributed by atoms with Gasteiger partial charge < -0.3 is 19.5 Å². The number of methoxy groups -OCH3 is 2. The summed E-state index contributed by atoms with van der Waals surface area (Å²) in [6.07, 6.45) is 1.24. The van der Waals surface area contributed by atoms with Gasteiger partial charge in [-0.3, -0.25) is 0 Å². The highest BCUT2D eigenvalue weighted by Crippen LogP contribution is 2.28. The maximum atomic E-state index is 13.8. The smallest absolute Gasteiger partial charge is 0.167 e. The number of benzene rings is 2. The zero-order chi connectivity index (χ0) is 18.5. The number of hydrogen-bond donors (Lipinski definition) is 1. The molecule has 0 bridgehead atoms. The van der Waals surface area contributed by atoms with Crippen LogP contribution in [0.2, 0.25) is 0 Å². The zero-order valence-corrected chi connectivity index (χ0v) is 14.8. The van der Waals surface area contributed by atoms with Crippen LogP contribution >= 0.6 is 0 Å². The van der Waals surface area contributed by atoms with E-state index in [1.807, 2.05) is 31.2 Å². The Labute approximate surface area is 150 Å². The summed E-state index contributed by atoms with van der Waals surface area (Å²) in [6.45, 7) is 2.42. The predicted octanol–water partition coefficient (Wildman–Crippen LogP) is 3.67. The lowest BCUT2D eigenvalue weighted by atomic mass is 10.2. The summed E-state index contributed by atoms with van der Waals surface area (Å²) in [5.41, 5.74) is 0.499. The zero-order valence-electron chi connectivity index (χ0n) is 14.8. The van der Waals surface area contributed by atoms with E-state index in [1.165, 1.54) is 19.5 Å². The molecule has 2 aromatic carbocycles. The number of rotatable bonds is 7. The maximum Gasteiger partial charge on any atom is 0.167 e. The minimum Gasteiger partial charge on any atom is -0.494 e. The lowest BCUT2D eigenvalue weighted by molar-refractivity contribution is 0.223. The minimum absolute atomic E-state index is 0.147. The SMILES string of the molecule is COc1cc2c(NCC(C)Oc3ccccc3OC)ncnc2cc1F. The van der Waals surface area contributed by atoms with Gasteiger partial charge in [0.1, 0.15) is 18.2 Å². The summed E-state index contributed by atoms with van der Waals surface area (Å²) < 4.78 is 30.1. The Bertz CT molecular complexity index is 904. The Balaban J connectivity index is 1.75. The molecule has 1 aromatic heterocycles. The molecule has 0 spiro atoms. The number of ether oxygens (including phenoxy) is 3. The quantitative estimate of drug-likeness (QED) is 0.696. The third-order valence-electron chi connectivity index (χ3n) is 3.86. The monoisotopic (exact) mass is 357 g/mol. The summed E-state index contributed by atoms with van der Waals surface area (Å²) in [6, 6.07) is 10.4. The van der Waals surface area contributed by atoms with Crippen molar-refractivity contribution in [3.63, 3.8) is 0 Å². The van der Waals surface area contributed by atoms with Crippen LogP contribution in [0.1, 0.15) is 6.92 Å². The predicted molar refractivity (Wildman–Crippen MR) is 97.6 cm³/mol. The highest BCUT2D eigenvalue weighted by Gasteiger charge is 2.12. The molecule has 3 aromatic rings. The highest BCUT2D eigenvalue weighted by molar-refractivity contribution is 5.90. The molecule has 0 aliphatic rings. The molecule has 0 saturated carbocycles. The maximum absolute atomic E-state index is 13.8. The molecule has 136 valence electrons. The standard InChI is InChI=1S/C19H20FN3O3/c1-12(26-17-7-5-4-6-16(17)24-2)10-21-19-13-8-18(25-3)14(20)9-15(13)22-11-23-19/h4-9,11-12H,10H2,1-3H3,(H,21,22,23). The summed E-state index contributed by atoms with van der Waals surface area (Å²) in [4.78, 5) is 8.35. The third-order valence-corrected chi connectivity index (χ3v) is 3.86. The number of fused-ring (bicyclic) bond motifs is 1. The Morgan fingerprint density at radius 1 is 1.04 bits per heavy atom. The second kappa shape index (κ2) is 7.86. The van der Waals surface area contributed by atoms with E-state index in [0.29, 0.717) is 34.8 Å². The van der Waals surface area contributed by atoms with Crippen LogP contribution in [0.25, 0.3) is 10.9 Å². The minimum atomic E-state index is -0.461. The first-order chi connectivity index (χ1) is 12.6. The number of aromatic nitrogens is 2. The van der Waals surface area contributed by atoms with Gasteiger partial charge in [-0.05, 0) is 25.1 Å². The van der Waals surface area contributed by atoms with Crippen LogP contribution < -0.4 is 19.5 Å². The fraction of sp³-hybridized carbons (Fsp3) is 0.263. The number of halogens is 1. The van der Waals surface area contributed by atoms with E-state index in [0.717, 1.165) is 0 Å². The van der Waals surface area contributed by atoms with Crippen molar-refractivity contribution in [2.45, 2.75) is 13.0 Å². The summed E-state index contributed by atoms with van der Waals surface area (Å²) in [7, 11) is 3.02. The average molecular weight is 357 g/mol. The first kappa shape index (κ1) is 17.7. The molecule has 1 atom stereocenters. The second-order valence-corrected chi connectivity index (χ2v) is 5.69. The normalized spacial score (nSPS) is 11.8. The Hall–Kier alpha value is -3.09. The largest absolute Gasteiger partial charge is 0.494 e. The van der Waals surface area contributed by atoms with Gasteiger partial charge in [0, 0.05) is 11.5 Å². The van der Waals surface area contributed by atoms with Crippen molar-refractivity contribution in [1.29, 1.82) is 0 Å². The summed E-state index contributed by atoms with van der Waals surface area (Å²) in [5, 5.41) is 3.90. The number of nitrogens with zero attached hydrogens (tertiary/aromatic N) is 2. The summed E-state index contributed by atoms with van der Waals surface area (Å²) >= 11 is 0. The van der Waals surface area contributed by atoms with Crippen LogP contribution in [0.5, 0.6) is 17.2 Å². The molecular formula is C19H20FN3O3. The number of hydrogen-bond acceptors (Lipinski definition) is 6. The molecule has 1 N–H and O–H groups in total. The molecule has 0 amide bonds. The van der Waals surface area contributed by atoms with Gasteiger partial charge in [0.25, 0.3) is 0 Å². The average Bonchev–Trinajstić information content (AvgIpc) is 2.66. The lowest BCUT2D eigenvalue weighted by Crippen LogP contribution is -2.23. The summed E-state index contributed by atoms with van der Waals surface area (Å²) in [5.74, 6) is 1.61. The van der Waals surface area contributed by atoms with E-state index in [1.54, 1.807) is 13.2 Å². The van der Waals surface area contributed by atoms with Crippen LogP contribution in [0.3, 0.4) is 0 Å². The van der Waals surface area contributed by atoms with E-state index >= 15 is 0 Å². The van der Waals surface area contributed by atoms with E-state index < -0.39 is 5.82 Å². The van der Waals surface area contributed by atoms with Gasteiger partial charge in [0.05, 0.1) is 26.3 Å². The fourth-order valence-corrected chi connectivity index (χ4v) is 2.57. The number of nitrogens with one attached hydrogen (secondary N) is 1. The van der Waals surface area contributed by atoms with Gasteiger partial charge in [-0.2, -0.15) is 0 Å². The van der Waals surface area contributed by atoms with Crippen molar-refractivity contribution in [1.82, 2.24) is 9.97 Å². The second-order valence-electron chi connectivity index (χ2n) is 5.69. The number of anilines is 1. The van der Waals surface area contributed by atoms with Crippen molar-refractivity contribution in [2.24, 2.45) is 0 Å². The Morgan fingerprint density at radius 2 is 1.77 bits per heavy atom. The van der Waals surface area contributed by atoms with Crippen LogP contribution in [0.15, 0.2) is 42.7 Å². The van der Waals surface area contributed by atoms with E-state index in [4.69, 9.17) is 14.2 Å². The lowest BCUT2D eigenvalue weighted by Gasteiger charge is -2.18. The molecule has 6 nitrogen and oxygen atoms in total. The molecule has 1 unspecified atom stereocenters. The van der Waals surface area contributed by atoms with Gasteiger partial charge in [-0.15, -0.1) is 0 Å². The van der Waals surface area contributed by atoms with Gasteiger partial charge in [0.2, 0.25) is 0 Å². The van der Waals surface area contributed by atoms with Gasteiger partial charge in [0.15, 0.2) is 23.1 Å². The third kappa shape index (κ3) is 3.77. The molecule has 3 rings (SSSR count). The van der Waals surface area contributed by atoms with Crippen molar-refractivity contribution in [3.8, 4) is 17.2 Å². The Kier molecular flexibility index (Phi) is 5.36. The first-order valence-corrected chi connectivity index (χ1v) is 8.14. The van der Waals surface area contributed by atoms with Gasteiger partial charge >= 0.3 is 0 Å². The van der Waals surface area contributed by atoms with Gasteiger partial charge in [-0.1, -0.05) is 12.1 Å². The molecule has 0 aliphatic heterocycles. The Morgan fingerprint density at radius 3 is 2.50 bits per heavy atom.